The molecule has 16 heavy (non-hydrogen) atoms. The van der Waals surface area contributed by atoms with Gasteiger partial charge in [0.2, 0.25) is 0 Å². The molecule has 0 aromatic heterocycles. The Balaban J connectivity index is 2.04. The molecule has 0 heterocycles. The lowest BCUT2D eigenvalue weighted by Gasteiger charge is -2.21. The van der Waals surface area contributed by atoms with Gasteiger partial charge in [-0.3, -0.25) is 0 Å². The van der Waals surface area contributed by atoms with E-state index in [2.05, 4.69) is 0 Å². The normalized spacial score (nSPS) is 20.4. The third-order valence-corrected chi connectivity index (χ3v) is 3.56. The molecular formula is C14H19FO. The van der Waals surface area contributed by atoms with Gasteiger partial charge in [-0.25, -0.2) is 4.39 Å². The zero-order valence-electron chi connectivity index (χ0n) is 9.53. The minimum atomic E-state index is -0.418. The Bertz CT molecular complexity index is 312. The van der Waals surface area contributed by atoms with Crippen LogP contribution in [0.2, 0.25) is 0 Å². The van der Waals surface area contributed by atoms with E-state index in [1.807, 2.05) is 0 Å². The Morgan fingerprint density at radius 2 is 1.56 bits per heavy atom. The number of hydrogen-bond acceptors (Lipinski definition) is 1. The molecular weight excluding hydrogens is 203 g/mol. The van der Waals surface area contributed by atoms with Crippen LogP contribution in [-0.2, 0) is 0 Å². The highest BCUT2D eigenvalue weighted by Crippen LogP contribution is 2.33. The van der Waals surface area contributed by atoms with Crippen LogP contribution in [0.5, 0.6) is 0 Å². The summed E-state index contributed by atoms with van der Waals surface area (Å²) in [6, 6.07) is 6.25. The third-order valence-electron chi connectivity index (χ3n) is 3.56. The Morgan fingerprint density at radius 1 is 1.00 bits per heavy atom. The maximum atomic E-state index is 12.8. The molecule has 1 aromatic rings. The monoisotopic (exact) mass is 222 g/mol. The largest absolute Gasteiger partial charge is 0.388 e. The number of aliphatic hydroxyl groups excluding tert-OH is 1. The van der Waals surface area contributed by atoms with E-state index in [9.17, 15) is 9.50 Å². The molecule has 1 atom stereocenters. The van der Waals surface area contributed by atoms with Crippen molar-refractivity contribution in [3.63, 3.8) is 0 Å². The van der Waals surface area contributed by atoms with Gasteiger partial charge in [-0.05, 0) is 36.5 Å². The van der Waals surface area contributed by atoms with Crippen molar-refractivity contribution in [3.8, 4) is 0 Å². The fourth-order valence-electron chi connectivity index (χ4n) is 2.56. The first-order valence-corrected chi connectivity index (χ1v) is 6.21. The van der Waals surface area contributed by atoms with Gasteiger partial charge in [-0.2, -0.15) is 0 Å². The molecule has 1 N–H and O–H groups in total. The van der Waals surface area contributed by atoms with Gasteiger partial charge in [-0.15, -0.1) is 0 Å². The highest BCUT2D eigenvalue weighted by atomic mass is 19.1. The summed E-state index contributed by atoms with van der Waals surface area (Å²) in [4.78, 5) is 0. The summed E-state index contributed by atoms with van der Waals surface area (Å²) in [5.41, 5.74) is 0.855. The molecule has 88 valence electrons. The molecule has 1 aliphatic carbocycles. The van der Waals surface area contributed by atoms with Gasteiger partial charge in [0.25, 0.3) is 0 Å². The van der Waals surface area contributed by atoms with Crippen molar-refractivity contribution in [2.75, 3.05) is 0 Å². The summed E-state index contributed by atoms with van der Waals surface area (Å²) in [6.07, 6.45) is 6.76. The van der Waals surface area contributed by atoms with E-state index in [1.54, 1.807) is 12.1 Å². The van der Waals surface area contributed by atoms with Gasteiger partial charge in [0.15, 0.2) is 0 Å². The number of aliphatic hydroxyl groups is 1. The minimum Gasteiger partial charge on any atom is -0.388 e. The topological polar surface area (TPSA) is 20.2 Å². The second-order valence-electron chi connectivity index (χ2n) is 4.75. The molecule has 1 unspecified atom stereocenters. The number of benzene rings is 1. The first-order valence-electron chi connectivity index (χ1n) is 6.21. The Labute approximate surface area is 96.3 Å². The predicted octanol–water partition coefficient (Wildman–Crippen LogP) is 3.83. The fourth-order valence-corrected chi connectivity index (χ4v) is 2.56. The van der Waals surface area contributed by atoms with E-state index in [0.29, 0.717) is 5.92 Å². The summed E-state index contributed by atoms with van der Waals surface area (Å²) in [6.45, 7) is 0. The molecule has 2 rings (SSSR count). The second-order valence-corrected chi connectivity index (χ2v) is 4.75. The van der Waals surface area contributed by atoms with Crippen LogP contribution in [0.3, 0.4) is 0 Å². The molecule has 2 heteroatoms. The third kappa shape index (κ3) is 2.82. The summed E-state index contributed by atoms with van der Waals surface area (Å²) in [5.74, 6) is 0.116. The van der Waals surface area contributed by atoms with Gasteiger partial charge in [0.1, 0.15) is 5.82 Å². The van der Waals surface area contributed by atoms with Gasteiger partial charge in [0.05, 0.1) is 6.10 Å². The van der Waals surface area contributed by atoms with Crippen LogP contribution >= 0.6 is 0 Å². The molecule has 1 aromatic carbocycles. The minimum absolute atomic E-state index is 0.239. The molecule has 0 aliphatic heterocycles. The first kappa shape index (κ1) is 11.6. The Morgan fingerprint density at radius 3 is 2.12 bits per heavy atom. The Hall–Kier alpha value is -0.890. The van der Waals surface area contributed by atoms with E-state index < -0.39 is 6.10 Å². The van der Waals surface area contributed by atoms with Gasteiger partial charge in [-0.1, -0.05) is 37.8 Å². The van der Waals surface area contributed by atoms with Gasteiger partial charge in [0, 0.05) is 0 Å². The van der Waals surface area contributed by atoms with Crippen LogP contribution in [0.4, 0.5) is 4.39 Å². The molecule has 0 spiro atoms. The standard InChI is InChI=1S/C14H19FO/c15-13-9-7-12(8-10-13)14(16)11-5-3-1-2-4-6-11/h7-11,14,16H,1-6H2. The smallest absolute Gasteiger partial charge is 0.123 e. The van der Waals surface area contributed by atoms with Crippen LogP contribution in [0.25, 0.3) is 0 Å². The number of hydrogen-bond donors (Lipinski definition) is 1. The van der Waals surface area contributed by atoms with E-state index in [-0.39, 0.29) is 5.82 Å². The predicted molar refractivity (Wildman–Crippen MR) is 62.6 cm³/mol. The zero-order chi connectivity index (χ0) is 11.4. The van der Waals surface area contributed by atoms with Crippen LogP contribution < -0.4 is 0 Å². The maximum absolute atomic E-state index is 12.8. The van der Waals surface area contributed by atoms with Crippen LogP contribution in [0, 0.1) is 11.7 Å². The molecule has 1 fully saturated rings. The van der Waals surface area contributed by atoms with Crippen LogP contribution in [0.1, 0.15) is 50.2 Å². The van der Waals surface area contributed by atoms with Crippen molar-refractivity contribution in [2.24, 2.45) is 5.92 Å². The lowest BCUT2D eigenvalue weighted by molar-refractivity contribution is 0.0987. The van der Waals surface area contributed by atoms with Gasteiger partial charge >= 0.3 is 0 Å². The zero-order valence-corrected chi connectivity index (χ0v) is 9.53. The highest BCUT2D eigenvalue weighted by molar-refractivity contribution is 5.19. The quantitative estimate of drug-likeness (QED) is 0.754. The van der Waals surface area contributed by atoms with Crippen LogP contribution in [0.15, 0.2) is 24.3 Å². The van der Waals surface area contributed by atoms with Crippen molar-refractivity contribution in [2.45, 2.75) is 44.6 Å². The van der Waals surface area contributed by atoms with E-state index in [4.69, 9.17) is 0 Å². The summed E-state index contributed by atoms with van der Waals surface area (Å²) in [7, 11) is 0. The van der Waals surface area contributed by atoms with Crippen molar-refractivity contribution < 1.29 is 9.50 Å². The number of halogens is 1. The molecule has 0 saturated heterocycles. The summed E-state index contributed by atoms with van der Waals surface area (Å²) < 4.78 is 12.8. The molecule has 1 nitrogen and oxygen atoms in total. The van der Waals surface area contributed by atoms with Crippen molar-refractivity contribution >= 4 is 0 Å². The van der Waals surface area contributed by atoms with Crippen molar-refractivity contribution in [3.05, 3.63) is 35.6 Å². The highest BCUT2D eigenvalue weighted by Gasteiger charge is 2.21. The molecule has 0 bridgehead atoms. The van der Waals surface area contributed by atoms with E-state index in [0.717, 1.165) is 18.4 Å². The fraction of sp³-hybridized carbons (Fsp3) is 0.571. The lowest BCUT2D eigenvalue weighted by atomic mass is 9.89. The van der Waals surface area contributed by atoms with E-state index in [1.165, 1.54) is 37.8 Å². The Kier molecular flexibility index (Phi) is 3.94. The van der Waals surface area contributed by atoms with Crippen molar-refractivity contribution in [1.29, 1.82) is 0 Å². The summed E-state index contributed by atoms with van der Waals surface area (Å²) in [5, 5.41) is 10.2. The second kappa shape index (κ2) is 5.44. The molecule has 1 aliphatic rings. The van der Waals surface area contributed by atoms with Gasteiger partial charge < -0.3 is 5.11 Å². The average Bonchev–Trinajstić information content (AvgIpc) is 2.57. The van der Waals surface area contributed by atoms with Crippen LogP contribution in [-0.4, -0.2) is 5.11 Å². The summed E-state index contributed by atoms with van der Waals surface area (Å²) >= 11 is 0. The molecule has 0 radical (unpaired) electrons. The first-order chi connectivity index (χ1) is 7.77. The average molecular weight is 222 g/mol. The molecule has 1 saturated carbocycles. The van der Waals surface area contributed by atoms with E-state index >= 15 is 0 Å². The SMILES string of the molecule is OC(c1ccc(F)cc1)C1CCCCCC1. The van der Waals surface area contributed by atoms with Crippen molar-refractivity contribution in [1.82, 2.24) is 0 Å². The number of rotatable bonds is 2. The maximum Gasteiger partial charge on any atom is 0.123 e. The molecule has 0 amide bonds. The lowest BCUT2D eigenvalue weighted by Crippen LogP contribution is -2.11.